The first-order valence-electron chi connectivity index (χ1n) is 6.25. The summed E-state index contributed by atoms with van der Waals surface area (Å²) in [7, 11) is 0. The van der Waals surface area contributed by atoms with Gasteiger partial charge in [0.2, 0.25) is 0 Å². The van der Waals surface area contributed by atoms with Crippen LogP contribution in [0, 0.1) is 6.92 Å². The maximum Gasteiger partial charge on any atom is 0.263 e. The highest BCUT2D eigenvalue weighted by Crippen LogP contribution is 2.12. The van der Waals surface area contributed by atoms with Gasteiger partial charge < -0.3 is 15.0 Å². The lowest BCUT2D eigenvalue weighted by Gasteiger charge is -2.29. The number of nitrogens with zero attached hydrogens (tertiary/aromatic N) is 2. The number of amides is 1. The van der Waals surface area contributed by atoms with E-state index in [0.717, 1.165) is 31.9 Å². The summed E-state index contributed by atoms with van der Waals surface area (Å²) in [5.74, 6) is 0.675. The Kier molecular flexibility index (Phi) is 4.15. The molecule has 5 heteroatoms. The molecule has 1 atom stereocenters. The number of carbonyl (C=O) groups excluding carboxylic acids is 1. The zero-order valence-electron chi connectivity index (χ0n) is 10.8. The van der Waals surface area contributed by atoms with Crippen molar-refractivity contribution in [1.82, 2.24) is 15.2 Å². The van der Waals surface area contributed by atoms with E-state index >= 15 is 0 Å². The average molecular weight is 249 g/mol. The number of carbonyl (C=O) groups is 1. The highest BCUT2D eigenvalue weighted by Gasteiger charge is 2.23. The average Bonchev–Trinajstić information content (AvgIpc) is 2.41. The maximum atomic E-state index is 12.1. The van der Waals surface area contributed by atoms with E-state index in [9.17, 15) is 4.79 Å². The van der Waals surface area contributed by atoms with Crippen molar-refractivity contribution in [2.45, 2.75) is 20.0 Å². The van der Waals surface area contributed by atoms with Crippen molar-refractivity contribution in [1.29, 1.82) is 0 Å². The van der Waals surface area contributed by atoms with Crippen LogP contribution in [0.4, 0.5) is 0 Å². The highest BCUT2D eigenvalue weighted by molar-refractivity contribution is 5.81. The van der Waals surface area contributed by atoms with Gasteiger partial charge in [0, 0.05) is 31.9 Å². The molecular weight excluding hydrogens is 230 g/mol. The van der Waals surface area contributed by atoms with E-state index in [1.807, 2.05) is 24.0 Å². The smallest absolute Gasteiger partial charge is 0.263 e. The Bertz CT molecular complexity index is 399. The minimum atomic E-state index is -0.465. The summed E-state index contributed by atoms with van der Waals surface area (Å²) >= 11 is 0. The number of hydrogen-bond donors (Lipinski definition) is 1. The summed E-state index contributed by atoms with van der Waals surface area (Å²) in [5.41, 5.74) is 0.934. The largest absolute Gasteiger partial charge is 0.479 e. The third kappa shape index (κ3) is 3.20. The molecule has 1 fully saturated rings. The van der Waals surface area contributed by atoms with E-state index in [4.69, 9.17) is 4.74 Å². The standard InChI is InChI=1S/C13H19N3O2/c1-10-3-4-12(9-15-10)18-11(2)13(17)16-7-5-14-6-8-16/h3-4,9,11,14H,5-8H2,1-2H3. The number of rotatable bonds is 3. The summed E-state index contributed by atoms with van der Waals surface area (Å²) in [6, 6.07) is 3.71. The highest BCUT2D eigenvalue weighted by atomic mass is 16.5. The second-order valence-corrected chi connectivity index (χ2v) is 4.47. The third-order valence-electron chi connectivity index (χ3n) is 2.97. The van der Waals surface area contributed by atoms with E-state index in [2.05, 4.69) is 10.3 Å². The van der Waals surface area contributed by atoms with E-state index in [1.165, 1.54) is 0 Å². The van der Waals surface area contributed by atoms with Gasteiger partial charge in [0.25, 0.3) is 5.91 Å². The molecule has 0 aliphatic carbocycles. The first-order valence-corrected chi connectivity index (χ1v) is 6.25. The van der Waals surface area contributed by atoms with Gasteiger partial charge in [-0.25, -0.2) is 0 Å². The predicted molar refractivity (Wildman–Crippen MR) is 68.5 cm³/mol. The lowest BCUT2D eigenvalue weighted by molar-refractivity contribution is -0.138. The van der Waals surface area contributed by atoms with Gasteiger partial charge in [-0.1, -0.05) is 0 Å². The van der Waals surface area contributed by atoms with Gasteiger partial charge in [0.1, 0.15) is 5.75 Å². The first kappa shape index (κ1) is 12.8. The number of aryl methyl sites for hydroxylation is 1. The van der Waals surface area contributed by atoms with Gasteiger partial charge in [-0.05, 0) is 26.0 Å². The van der Waals surface area contributed by atoms with Crippen LogP contribution in [0.25, 0.3) is 0 Å². The molecule has 1 aliphatic rings. The van der Waals surface area contributed by atoms with Gasteiger partial charge in [-0.3, -0.25) is 9.78 Å². The lowest BCUT2D eigenvalue weighted by atomic mass is 10.3. The van der Waals surface area contributed by atoms with E-state index in [0.29, 0.717) is 5.75 Å². The van der Waals surface area contributed by atoms with Crippen LogP contribution in [0.3, 0.4) is 0 Å². The minimum absolute atomic E-state index is 0.0390. The molecular formula is C13H19N3O2. The zero-order valence-corrected chi connectivity index (χ0v) is 10.8. The molecule has 1 aliphatic heterocycles. The van der Waals surface area contributed by atoms with Crippen molar-refractivity contribution in [3.63, 3.8) is 0 Å². The fourth-order valence-electron chi connectivity index (χ4n) is 1.92. The minimum Gasteiger partial charge on any atom is -0.479 e. The Morgan fingerprint density at radius 1 is 1.44 bits per heavy atom. The molecule has 5 nitrogen and oxygen atoms in total. The molecule has 0 saturated carbocycles. The first-order chi connectivity index (χ1) is 8.66. The van der Waals surface area contributed by atoms with Gasteiger partial charge in [-0.2, -0.15) is 0 Å². The SMILES string of the molecule is Cc1ccc(OC(C)C(=O)N2CCNCC2)cn1. The molecule has 0 radical (unpaired) electrons. The van der Waals surface area contributed by atoms with Crippen LogP contribution in [0.15, 0.2) is 18.3 Å². The molecule has 18 heavy (non-hydrogen) atoms. The van der Waals surface area contributed by atoms with Crippen LogP contribution in [0.5, 0.6) is 5.75 Å². The Labute approximate surface area is 107 Å². The van der Waals surface area contributed by atoms with Crippen LogP contribution >= 0.6 is 0 Å². The number of ether oxygens (including phenoxy) is 1. The fraction of sp³-hybridized carbons (Fsp3) is 0.538. The van der Waals surface area contributed by atoms with Crippen LogP contribution in [0.1, 0.15) is 12.6 Å². The number of nitrogens with one attached hydrogen (secondary N) is 1. The van der Waals surface area contributed by atoms with Crippen molar-refractivity contribution < 1.29 is 9.53 Å². The molecule has 1 amide bonds. The third-order valence-corrected chi connectivity index (χ3v) is 2.97. The summed E-state index contributed by atoms with van der Waals surface area (Å²) < 4.78 is 5.61. The van der Waals surface area contributed by atoms with Crippen molar-refractivity contribution in [2.24, 2.45) is 0 Å². The maximum absolute atomic E-state index is 12.1. The normalized spacial score (nSPS) is 17.3. The van der Waals surface area contributed by atoms with Crippen LogP contribution in [-0.4, -0.2) is 48.1 Å². The van der Waals surface area contributed by atoms with Gasteiger partial charge in [0.05, 0.1) is 6.20 Å². The molecule has 0 spiro atoms. The van der Waals surface area contributed by atoms with Crippen molar-refractivity contribution >= 4 is 5.91 Å². The molecule has 98 valence electrons. The zero-order chi connectivity index (χ0) is 13.0. The van der Waals surface area contributed by atoms with Gasteiger partial charge in [0.15, 0.2) is 6.10 Å². The molecule has 1 aromatic rings. The number of hydrogen-bond acceptors (Lipinski definition) is 4. The Morgan fingerprint density at radius 2 is 2.17 bits per heavy atom. The molecule has 1 saturated heterocycles. The lowest BCUT2D eigenvalue weighted by Crippen LogP contribution is -2.50. The molecule has 1 unspecified atom stereocenters. The van der Waals surface area contributed by atoms with Crippen molar-refractivity contribution in [2.75, 3.05) is 26.2 Å². The second-order valence-electron chi connectivity index (χ2n) is 4.47. The molecule has 0 bridgehead atoms. The summed E-state index contributed by atoms with van der Waals surface area (Å²) in [4.78, 5) is 18.1. The molecule has 1 aromatic heterocycles. The fourth-order valence-corrected chi connectivity index (χ4v) is 1.92. The monoisotopic (exact) mass is 249 g/mol. The van der Waals surface area contributed by atoms with E-state index in [-0.39, 0.29) is 5.91 Å². The molecule has 0 aromatic carbocycles. The van der Waals surface area contributed by atoms with Crippen LogP contribution < -0.4 is 10.1 Å². The second kappa shape index (κ2) is 5.82. The summed E-state index contributed by atoms with van der Waals surface area (Å²) in [5, 5.41) is 3.22. The summed E-state index contributed by atoms with van der Waals surface area (Å²) in [6.07, 6.45) is 1.18. The van der Waals surface area contributed by atoms with Crippen molar-refractivity contribution in [3.05, 3.63) is 24.0 Å². The summed E-state index contributed by atoms with van der Waals surface area (Å²) in [6.45, 7) is 6.90. The molecule has 2 rings (SSSR count). The van der Waals surface area contributed by atoms with Crippen LogP contribution in [-0.2, 0) is 4.79 Å². The Hall–Kier alpha value is -1.62. The number of aromatic nitrogens is 1. The topological polar surface area (TPSA) is 54.5 Å². The van der Waals surface area contributed by atoms with Crippen molar-refractivity contribution in [3.8, 4) is 5.75 Å². The van der Waals surface area contributed by atoms with Gasteiger partial charge in [-0.15, -0.1) is 0 Å². The predicted octanol–water partition coefficient (Wildman–Crippen LogP) is 0.589. The Balaban J connectivity index is 1.92. The molecule has 1 N–H and O–H groups in total. The molecule has 2 heterocycles. The Morgan fingerprint density at radius 3 is 2.78 bits per heavy atom. The number of pyridine rings is 1. The van der Waals surface area contributed by atoms with E-state index in [1.54, 1.807) is 13.1 Å². The van der Waals surface area contributed by atoms with Gasteiger partial charge >= 0.3 is 0 Å². The van der Waals surface area contributed by atoms with Crippen LogP contribution in [0.2, 0.25) is 0 Å². The quantitative estimate of drug-likeness (QED) is 0.852. The number of piperazine rings is 1. The van der Waals surface area contributed by atoms with E-state index < -0.39 is 6.10 Å².